The number of non-ortho nitro benzene ring substituents is 1. The van der Waals surface area contributed by atoms with Gasteiger partial charge in [-0.25, -0.2) is 4.79 Å². The van der Waals surface area contributed by atoms with E-state index in [1.54, 1.807) is 7.11 Å². The van der Waals surface area contributed by atoms with Gasteiger partial charge in [-0.05, 0) is 36.6 Å². The lowest BCUT2D eigenvalue weighted by atomic mass is 10.0. The highest BCUT2D eigenvalue weighted by Gasteiger charge is 2.19. The summed E-state index contributed by atoms with van der Waals surface area (Å²) in [6, 6.07) is 7.30. The number of methoxy groups -OCH3 is 1. The van der Waals surface area contributed by atoms with Gasteiger partial charge in [-0.3, -0.25) is 14.9 Å². The van der Waals surface area contributed by atoms with E-state index in [4.69, 9.17) is 14.7 Å². The van der Waals surface area contributed by atoms with E-state index < -0.39 is 10.9 Å². The number of nitriles is 1. The summed E-state index contributed by atoms with van der Waals surface area (Å²) in [5.74, 6) is -1.20. The maximum absolute atomic E-state index is 12.4. The smallest absolute Gasteiger partial charge is 0.341 e. The molecule has 0 aliphatic rings. The number of nitro benzene ring substituents is 1. The number of esters is 1. The van der Waals surface area contributed by atoms with E-state index in [9.17, 15) is 19.7 Å². The molecule has 0 aliphatic carbocycles. The summed E-state index contributed by atoms with van der Waals surface area (Å²) >= 11 is 0. The van der Waals surface area contributed by atoms with Crippen molar-refractivity contribution in [2.45, 2.75) is 25.7 Å². The molecule has 0 saturated heterocycles. The molecule has 0 heterocycles. The third kappa shape index (κ3) is 7.23. The van der Waals surface area contributed by atoms with Gasteiger partial charge in [0, 0.05) is 32.3 Å². The summed E-state index contributed by atoms with van der Waals surface area (Å²) in [4.78, 5) is 34.7. The van der Waals surface area contributed by atoms with Crippen molar-refractivity contribution in [1.82, 2.24) is 0 Å². The molecule has 0 spiro atoms. The molecule has 0 saturated carbocycles. The van der Waals surface area contributed by atoms with Crippen molar-refractivity contribution in [3.8, 4) is 6.07 Å². The van der Waals surface area contributed by atoms with E-state index in [2.05, 4.69) is 0 Å². The molecule has 8 nitrogen and oxygen atoms in total. The van der Waals surface area contributed by atoms with Crippen LogP contribution in [0.3, 0.4) is 0 Å². The van der Waals surface area contributed by atoms with Crippen LogP contribution >= 0.6 is 0 Å². The SMILES string of the molecule is COCCCCC(=O)C(=Cc1ccc([N+](=O)[O-])cc1)C(=O)OCCC#N. The van der Waals surface area contributed by atoms with Crippen molar-refractivity contribution >= 4 is 23.5 Å². The predicted octanol–water partition coefficient (Wildman–Crippen LogP) is 2.82. The highest BCUT2D eigenvalue weighted by atomic mass is 16.6. The predicted molar refractivity (Wildman–Crippen MR) is 93.0 cm³/mol. The van der Waals surface area contributed by atoms with Gasteiger partial charge < -0.3 is 9.47 Å². The Morgan fingerprint density at radius 1 is 1.23 bits per heavy atom. The summed E-state index contributed by atoms with van der Waals surface area (Å²) in [5.41, 5.74) is 0.230. The van der Waals surface area contributed by atoms with Crippen LogP contribution in [-0.2, 0) is 19.1 Å². The van der Waals surface area contributed by atoms with Gasteiger partial charge in [-0.2, -0.15) is 5.26 Å². The van der Waals surface area contributed by atoms with E-state index in [0.717, 1.165) is 0 Å². The lowest BCUT2D eigenvalue weighted by Gasteiger charge is -2.07. The van der Waals surface area contributed by atoms with Crippen molar-refractivity contribution in [2.24, 2.45) is 0 Å². The lowest BCUT2D eigenvalue weighted by molar-refractivity contribution is -0.384. The number of unbranched alkanes of at least 4 members (excludes halogenated alkanes) is 1. The first-order valence-corrected chi connectivity index (χ1v) is 8.02. The molecule has 0 N–H and O–H groups in total. The number of carbonyl (C=O) groups is 2. The van der Waals surface area contributed by atoms with Crippen LogP contribution in [0.2, 0.25) is 0 Å². The van der Waals surface area contributed by atoms with Gasteiger partial charge in [0.05, 0.1) is 17.4 Å². The van der Waals surface area contributed by atoms with Gasteiger partial charge in [0.25, 0.3) is 5.69 Å². The maximum Gasteiger partial charge on any atom is 0.341 e. The van der Waals surface area contributed by atoms with Gasteiger partial charge in [-0.1, -0.05) is 0 Å². The number of ether oxygens (including phenoxy) is 2. The number of benzene rings is 1. The zero-order chi connectivity index (χ0) is 19.4. The van der Waals surface area contributed by atoms with Gasteiger partial charge in [0.15, 0.2) is 5.78 Å². The Bertz CT molecular complexity index is 703. The Balaban J connectivity index is 2.94. The molecule has 8 heteroatoms. The number of hydrogen-bond acceptors (Lipinski definition) is 7. The van der Waals surface area contributed by atoms with Crippen LogP contribution in [-0.4, -0.2) is 37.0 Å². The fourth-order valence-corrected chi connectivity index (χ4v) is 2.05. The molecule has 26 heavy (non-hydrogen) atoms. The largest absolute Gasteiger partial charge is 0.461 e. The molecular formula is C18H20N2O6. The fourth-order valence-electron chi connectivity index (χ4n) is 2.05. The Labute approximate surface area is 151 Å². The Hall–Kier alpha value is -3.05. The van der Waals surface area contributed by atoms with Gasteiger partial charge >= 0.3 is 5.97 Å². The summed E-state index contributed by atoms with van der Waals surface area (Å²) in [7, 11) is 1.56. The molecule has 138 valence electrons. The number of nitro groups is 1. The van der Waals surface area contributed by atoms with Crippen LogP contribution in [0.4, 0.5) is 5.69 Å². The first kappa shape index (κ1) is 21.0. The minimum absolute atomic E-state index is 0.0264. The molecule has 1 aromatic carbocycles. The molecule has 0 bridgehead atoms. The second-order valence-corrected chi connectivity index (χ2v) is 5.32. The average molecular weight is 360 g/mol. The molecule has 0 aromatic heterocycles. The van der Waals surface area contributed by atoms with Crippen molar-refractivity contribution < 1.29 is 24.0 Å². The summed E-state index contributed by atoms with van der Waals surface area (Å²) in [6.45, 7) is 0.408. The first-order valence-electron chi connectivity index (χ1n) is 8.02. The topological polar surface area (TPSA) is 120 Å². The number of Topliss-reactive ketones (excluding diaryl/α,β-unsaturated/α-hetero) is 1. The Kier molecular flexibility index (Phi) is 9.28. The number of rotatable bonds is 11. The molecule has 0 unspecified atom stereocenters. The number of hydrogen-bond donors (Lipinski definition) is 0. The number of ketones is 1. The van der Waals surface area contributed by atoms with Crippen LogP contribution in [0.5, 0.6) is 0 Å². The molecule has 1 rings (SSSR count). The van der Waals surface area contributed by atoms with Crippen molar-refractivity contribution in [2.75, 3.05) is 20.3 Å². The van der Waals surface area contributed by atoms with Crippen LogP contribution in [0.1, 0.15) is 31.2 Å². The van der Waals surface area contributed by atoms with Gasteiger partial charge in [-0.15, -0.1) is 0 Å². The van der Waals surface area contributed by atoms with E-state index in [0.29, 0.717) is 25.0 Å². The van der Waals surface area contributed by atoms with Gasteiger partial charge in [0.2, 0.25) is 0 Å². The van der Waals surface area contributed by atoms with Gasteiger partial charge in [0.1, 0.15) is 12.2 Å². The zero-order valence-corrected chi connectivity index (χ0v) is 14.5. The third-order valence-corrected chi connectivity index (χ3v) is 3.38. The second-order valence-electron chi connectivity index (χ2n) is 5.32. The lowest BCUT2D eigenvalue weighted by Crippen LogP contribution is -2.16. The van der Waals surface area contributed by atoms with Crippen molar-refractivity contribution in [1.29, 1.82) is 5.26 Å². The highest BCUT2D eigenvalue weighted by Crippen LogP contribution is 2.17. The molecule has 0 atom stereocenters. The highest BCUT2D eigenvalue weighted by molar-refractivity contribution is 6.20. The summed E-state index contributed by atoms with van der Waals surface area (Å²) < 4.78 is 9.86. The monoisotopic (exact) mass is 360 g/mol. The molecular weight excluding hydrogens is 340 g/mol. The minimum Gasteiger partial charge on any atom is -0.461 e. The number of carbonyl (C=O) groups excluding carboxylic acids is 2. The van der Waals surface area contributed by atoms with Crippen LogP contribution in [0.15, 0.2) is 29.8 Å². The average Bonchev–Trinajstić information content (AvgIpc) is 2.63. The van der Waals surface area contributed by atoms with Crippen LogP contribution < -0.4 is 0 Å². The van der Waals surface area contributed by atoms with E-state index >= 15 is 0 Å². The quantitative estimate of drug-likeness (QED) is 0.113. The molecule has 1 aromatic rings. The summed E-state index contributed by atoms with van der Waals surface area (Å²) in [6.07, 6.45) is 2.75. The molecule has 0 fully saturated rings. The van der Waals surface area contributed by atoms with E-state index in [-0.39, 0.29) is 36.5 Å². The summed E-state index contributed by atoms with van der Waals surface area (Å²) in [5, 5.41) is 19.2. The van der Waals surface area contributed by atoms with E-state index in [1.165, 1.54) is 30.3 Å². The fraction of sp³-hybridized carbons (Fsp3) is 0.389. The first-order chi connectivity index (χ1) is 12.5. The molecule has 0 aliphatic heterocycles. The number of nitrogens with zero attached hydrogens (tertiary/aromatic N) is 2. The van der Waals surface area contributed by atoms with Crippen LogP contribution in [0, 0.1) is 21.4 Å². The molecule has 0 amide bonds. The second kappa shape index (κ2) is 11.5. The zero-order valence-electron chi connectivity index (χ0n) is 14.5. The molecule has 0 radical (unpaired) electrons. The standard InChI is InChI=1S/C18H20N2O6/c1-25-11-3-2-5-17(21)16(18(22)26-12-4-10-19)13-14-6-8-15(9-7-14)20(23)24/h6-9,13H,2-5,11-12H2,1H3. The third-order valence-electron chi connectivity index (χ3n) is 3.38. The van der Waals surface area contributed by atoms with Crippen LogP contribution in [0.25, 0.3) is 6.08 Å². The Morgan fingerprint density at radius 3 is 2.50 bits per heavy atom. The normalized spacial score (nSPS) is 10.8. The van der Waals surface area contributed by atoms with E-state index in [1.807, 2.05) is 6.07 Å². The minimum atomic E-state index is -0.810. The van der Waals surface area contributed by atoms with Crippen molar-refractivity contribution in [3.63, 3.8) is 0 Å². The van der Waals surface area contributed by atoms with Crippen molar-refractivity contribution in [3.05, 3.63) is 45.5 Å². The Morgan fingerprint density at radius 2 is 1.92 bits per heavy atom. The maximum atomic E-state index is 12.4.